The molecule has 0 aromatic carbocycles. The summed E-state index contributed by atoms with van der Waals surface area (Å²) in [6.45, 7) is 16.0. The van der Waals surface area contributed by atoms with Crippen molar-refractivity contribution in [2.24, 2.45) is 0 Å². The van der Waals surface area contributed by atoms with E-state index in [0.717, 1.165) is 0 Å². The maximum atomic E-state index is 13.2. The number of hydrogen-bond donors (Lipinski definition) is 0. The maximum Gasteiger partial charge on any atom is 0.402 e. The lowest BCUT2D eigenvalue weighted by molar-refractivity contribution is -0.921. The van der Waals surface area contributed by atoms with E-state index in [9.17, 15) is 43.7 Å². The smallest absolute Gasteiger partial charge is 0.402 e. The average molecular weight is 478 g/mol. The zero-order valence-electron chi connectivity index (χ0n) is 18.2. The van der Waals surface area contributed by atoms with Gasteiger partial charge in [-0.1, -0.05) is 32.6 Å². The van der Waals surface area contributed by atoms with E-state index in [2.05, 4.69) is 27.7 Å². The first-order chi connectivity index (χ1) is 13.5. The molecule has 0 saturated heterocycles. The van der Waals surface area contributed by atoms with Crippen LogP contribution in [0.25, 0.3) is 0 Å². The van der Waals surface area contributed by atoms with Gasteiger partial charge in [-0.25, -0.2) is 12.8 Å². The molecule has 0 aliphatic heterocycles. The molecule has 0 bridgehead atoms. The van der Waals surface area contributed by atoms with Crippen LogP contribution in [-0.4, -0.2) is 66.9 Å². The second kappa shape index (κ2) is 12.4. The molecule has 0 saturated carbocycles. The van der Waals surface area contributed by atoms with Gasteiger partial charge >= 0.3 is 17.1 Å². The number of halogens is 7. The molecule has 0 fully saturated rings. The monoisotopic (exact) mass is 477 g/mol. The highest BCUT2D eigenvalue weighted by atomic mass is 32.2. The van der Waals surface area contributed by atoms with Crippen LogP contribution in [0.5, 0.6) is 0 Å². The van der Waals surface area contributed by atoms with Gasteiger partial charge in [0.05, 0.1) is 26.2 Å². The Hall–Kier alpha value is -0.620. The van der Waals surface area contributed by atoms with Gasteiger partial charge in [-0.3, -0.25) is 0 Å². The molecule has 0 aliphatic rings. The zero-order valence-corrected chi connectivity index (χ0v) is 19.0. The molecule has 0 spiro atoms. The van der Waals surface area contributed by atoms with Crippen molar-refractivity contribution < 1.29 is 48.2 Å². The third-order valence-electron chi connectivity index (χ3n) is 5.49. The van der Waals surface area contributed by atoms with Crippen molar-refractivity contribution in [3.63, 3.8) is 0 Å². The lowest BCUT2D eigenvalue weighted by atomic mass is 10.0. The number of unbranched alkanes of at least 4 members (excludes halogenated alkanes) is 3. The minimum atomic E-state index is -7.09. The minimum absolute atomic E-state index is 0.217. The third kappa shape index (κ3) is 7.51. The Bertz CT molecular complexity index is 565. The van der Waals surface area contributed by atoms with Gasteiger partial charge in [0.25, 0.3) is 0 Å². The van der Waals surface area contributed by atoms with Crippen molar-refractivity contribution in [3.8, 4) is 0 Å². The summed E-state index contributed by atoms with van der Waals surface area (Å²) in [6, 6.07) is 0. The van der Waals surface area contributed by atoms with Crippen molar-refractivity contribution >= 4 is 10.1 Å². The van der Waals surface area contributed by atoms with Crippen LogP contribution in [0, 0.1) is 0 Å². The first-order valence-corrected chi connectivity index (χ1v) is 11.5. The molecule has 184 valence electrons. The van der Waals surface area contributed by atoms with Gasteiger partial charge in [-0.05, 0) is 34.1 Å². The van der Waals surface area contributed by atoms with E-state index < -0.39 is 39.8 Å². The Morgan fingerprint density at radius 2 is 1.20 bits per heavy atom. The van der Waals surface area contributed by atoms with Crippen LogP contribution in [0.1, 0.15) is 66.7 Å². The first-order valence-electron chi connectivity index (χ1n) is 10.1. The van der Waals surface area contributed by atoms with Gasteiger partial charge in [-0.2, -0.15) is 26.3 Å². The van der Waals surface area contributed by atoms with E-state index in [0.29, 0.717) is 12.8 Å². The molecular formula is C18H34F7NO3S. The third-order valence-corrected chi connectivity index (χ3v) is 6.37. The molecule has 1 atom stereocenters. The Kier molecular flexibility index (Phi) is 13.1. The molecule has 0 aromatic heterocycles. The summed E-state index contributed by atoms with van der Waals surface area (Å²) in [5, 5.41) is -6.61. The molecule has 1 unspecified atom stereocenters. The lowest BCUT2D eigenvalue weighted by Crippen LogP contribution is -2.61. The quantitative estimate of drug-likeness (QED) is 0.150. The van der Waals surface area contributed by atoms with Crippen molar-refractivity contribution in [1.29, 1.82) is 0 Å². The summed E-state index contributed by atoms with van der Waals surface area (Å²) in [5.74, 6) is -12.6. The van der Waals surface area contributed by atoms with E-state index in [1.54, 1.807) is 6.92 Å². The van der Waals surface area contributed by atoms with Crippen LogP contribution in [0.2, 0.25) is 0 Å². The van der Waals surface area contributed by atoms with Crippen molar-refractivity contribution in [1.82, 2.24) is 0 Å². The summed E-state index contributed by atoms with van der Waals surface area (Å²) < 4.78 is 122. The summed E-state index contributed by atoms with van der Waals surface area (Å²) in [7, 11) is -7.09. The molecular weight excluding hydrogens is 443 g/mol. The molecule has 30 heavy (non-hydrogen) atoms. The van der Waals surface area contributed by atoms with Gasteiger partial charge in [0, 0.05) is 0 Å². The van der Waals surface area contributed by atoms with Gasteiger partial charge < -0.3 is 9.04 Å². The van der Waals surface area contributed by atoms with Gasteiger partial charge in [0.15, 0.2) is 16.3 Å². The van der Waals surface area contributed by atoms with Gasteiger partial charge in [-0.15, -0.1) is 0 Å². The molecule has 12 heteroatoms. The highest BCUT2D eigenvalue weighted by Crippen LogP contribution is 2.50. The highest BCUT2D eigenvalue weighted by molar-refractivity contribution is 7.86. The molecule has 0 heterocycles. The van der Waals surface area contributed by atoms with Crippen LogP contribution in [0.3, 0.4) is 0 Å². The lowest BCUT2D eigenvalue weighted by Gasteiger charge is -2.35. The molecule has 0 aliphatic carbocycles. The predicted octanol–water partition coefficient (Wildman–Crippen LogP) is 5.59. The summed E-state index contributed by atoms with van der Waals surface area (Å²) in [5.41, 5.74) is 0. The largest absolute Gasteiger partial charge is 0.743 e. The molecule has 0 aromatic rings. The maximum absolute atomic E-state index is 13.2. The Morgan fingerprint density at radius 3 is 1.47 bits per heavy atom. The molecule has 0 amide bonds. The SMILES string of the molecule is CCCCCCC(F)C(F)(F)C(F)(F)C(F)(F)S(=O)(=O)[O-].CC[N+](CC)(CC)CC. The van der Waals surface area contributed by atoms with Crippen LogP contribution in [-0.2, 0) is 10.1 Å². The molecule has 0 N–H and O–H groups in total. The number of nitrogens with zero attached hydrogens (tertiary/aromatic N) is 1. The molecule has 0 rings (SSSR count). The second-order valence-electron chi connectivity index (χ2n) is 7.09. The van der Waals surface area contributed by atoms with Crippen LogP contribution >= 0.6 is 0 Å². The Morgan fingerprint density at radius 1 is 0.800 bits per heavy atom. The van der Waals surface area contributed by atoms with Crippen LogP contribution < -0.4 is 0 Å². The van der Waals surface area contributed by atoms with Crippen molar-refractivity contribution in [3.05, 3.63) is 0 Å². The zero-order chi connectivity index (χ0) is 24.4. The normalized spacial score (nSPS) is 14.8. The van der Waals surface area contributed by atoms with E-state index in [1.807, 2.05) is 0 Å². The second-order valence-corrected chi connectivity index (χ2v) is 8.51. The van der Waals surface area contributed by atoms with Crippen molar-refractivity contribution in [2.75, 3.05) is 26.2 Å². The topological polar surface area (TPSA) is 57.2 Å². The standard InChI is InChI=1S/C10H15F7O3S.C8H20N/c1-2-3-4-5-6-7(11)8(12,13)9(14,15)10(16,17)21(18,19)20;1-5-9(6-2,7-3)8-4/h7H,2-6H2,1H3,(H,18,19,20);5-8H2,1-4H3/q;+1/p-1. The number of alkyl halides is 7. The minimum Gasteiger partial charge on any atom is -0.743 e. The van der Waals surface area contributed by atoms with Gasteiger partial charge in [0.1, 0.15) is 0 Å². The Labute approximate surface area is 175 Å². The molecule has 4 nitrogen and oxygen atoms in total. The van der Waals surface area contributed by atoms with E-state index >= 15 is 0 Å². The van der Waals surface area contributed by atoms with Crippen LogP contribution in [0.4, 0.5) is 30.7 Å². The average Bonchev–Trinajstić information content (AvgIpc) is 2.66. The van der Waals surface area contributed by atoms with Crippen LogP contribution in [0.15, 0.2) is 0 Å². The fourth-order valence-corrected chi connectivity index (χ4v) is 3.27. The van der Waals surface area contributed by atoms with E-state index in [4.69, 9.17) is 0 Å². The number of rotatable bonds is 13. The first kappa shape index (κ1) is 31.6. The Balaban J connectivity index is 0. The highest BCUT2D eigenvalue weighted by Gasteiger charge is 2.77. The molecule has 0 radical (unpaired) electrons. The van der Waals surface area contributed by atoms with Crippen molar-refractivity contribution in [2.45, 2.75) is 90.0 Å². The summed E-state index contributed by atoms with van der Waals surface area (Å²) >= 11 is 0. The van der Waals surface area contributed by atoms with Gasteiger partial charge in [0.2, 0.25) is 0 Å². The predicted molar refractivity (Wildman–Crippen MR) is 101 cm³/mol. The number of hydrogen-bond acceptors (Lipinski definition) is 3. The summed E-state index contributed by atoms with van der Waals surface area (Å²) in [6.07, 6.45) is -3.77. The summed E-state index contributed by atoms with van der Waals surface area (Å²) in [4.78, 5) is 0. The van der Waals surface area contributed by atoms with E-state index in [-0.39, 0.29) is 12.8 Å². The van der Waals surface area contributed by atoms with E-state index in [1.165, 1.54) is 30.7 Å². The fraction of sp³-hybridized carbons (Fsp3) is 1.00. The fourth-order valence-electron chi connectivity index (χ4n) is 2.82. The number of quaternary nitrogens is 1.